The van der Waals surface area contributed by atoms with Gasteiger partial charge < -0.3 is 41.9 Å². The van der Waals surface area contributed by atoms with Crippen molar-refractivity contribution in [2.24, 2.45) is 11.6 Å². The number of nitrogens with two attached hydrogens (primary N) is 3. The molecule has 10 N–H and O–H groups in total. The molecule has 47 heavy (non-hydrogen) atoms. The van der Waals surface area contributed by atoms with Crippen molar-refractivity contribution in [1.29, 1.82) is 0 Å². The van der Waals surface area contributed by atoms with Crippen LogP contribution in [0.2, 0.25) is 0 Å². The summed E-state index contributed by atoms with van der Waals surface area (Å²) in [4.78, 5) is 35.8. The quantitative estimate of drug-likeness (QED) is 0.0589. The van der Waals surface area contributed by atoms with Crippen molar-refractivity contribution in [1.82, 2.24) is 34.7 Å². The fraction of sp³-hybridized carbons (Fsp3) is 0.500. The van der Waals surface area contributed by atoms with Gasteiger partial charge in [0.2, 0.25) is 11.9 Å². The van der Waals surface area contributed by atoms with E-state index in [-0.39, 0.29) is 37.0 Å². The lowest BCUT2D eigenvalue weighted by Gasteiger charge is -2.35. The lowest BCUT2D eigenvalue weighted by Crippen LogP contribution is -2.48. The molecule has 1 saturated heterocycles. The molecule has 0 unspecified atom stereocenters. The van der Waals surface area contributed by atoms with Crippen LogP contribution >= 0.6 is 0 Å². The number of aromatic hydroxyl groups is 1. The number of hydrogen-bond donors (Lipinski definition) is 7. The minimum atomic E-state index is -1.02. The van der Waals surface area contributed by atoms with E-state index in [4.69, 9.17) is 22.4 Å². The Hall–Kier alpha value is -4.60. The highest BCUT2D eigenvalue weighted by Crippen LogP contribution is 2.27. The van der Waals surface area contributed by atoms with Crippen LogP contribution in [0, 0.1) is 0 Å². The number of nitrogens with zero attached hydrogens (tertiary/aromatic N) is 6. The summed E-state index contributed by atoms with van der Waals surface area (Å²) >= 11 is 0. The van der Waals surface area contributed by atoms with E-state index in [1.807, 2.05) is 29.0 Å². The van der Waals surface area contributed by atoms with E-state index in [1.165, 1.54) is 5.01 Å². The predicted molar refractivity (Wildman–Crippen MR) is 182 cm³/mol. The second kappa shape index (κ2) is 17.4. The molecule has 3 aromatic rings. The van der Waals surface area contributed by atoms with E-state index in [1.54, 1.807) is 6.20 Å². The van der Waals surface area contributed by atoms with Gasteiger partial charge in [0.05, 0.1) is 25.0 Å². The number of carbonyl (C=O) groups is 2. The number of carbonyl (C=O) groups excluding carboxylic acids is 1. The summed E-state index contributed by atoms with van der Waals surface area (Å²) in [6, 6.07) is 7.82. The minimum absolute atomic E-state index is 0.0930. The Balaban J connectivity index is 1.23. The van der Waals surface area contributed by atoms with Crippen molar-refractivity contribution < 1.29 is 19.8 Å². The maximum absolute atomic E-state index is 11.7. The number of nitrogens with one attached hydrogen (secondary N) is 2. The average Bonchev–Trinajstić information content (AvgIpc) is 3.44. The molecule has 256 valence electrons. The van der Waals surface area contributed by atoms with Crippen LogP contribution in [0.15, 0.2) is 42.4 Å². The molecule has 0 radical (unpaired) electrons. The van der Waals surface area contributed by atoms with Gasteiger partial charge in [-0.15, -0.1) is 0 Å². The third-order valence-electron chi connectivity index (χ3n) is 8.12. The molecule has 0 spiro atoms. The number of fused-ring (bicyclic) bond motifs is 1. The molecule has 0 aliphatic carbocycles. The summed E-state index contributed by atoms with van der Waals surface area (Å²) in [6.07, 6.45) is 6.54. The molecule has 1 aromatic carbocycles. The number of phenolic OH excluding ortho intramolecular Hbond substituents is 1. The Morgan fingerprint density at radius 1 is 1.06 bits per heavy atom. The van der Waals surface area contributed by atoms with Crippen LogP contribution in [-0.2, 0) is 22.7 Å². The molecule has 3 heterocycles. The van der Waals surface area contributed by atoms with Crippen molar-refractivity contribution in [3.05, 3.63) is 53.5 Å². The lowest BCUT2D eigenvalue weighted by atomic mass is 10.1. The predicted octanol–water partition coefficient (Wildman–Crippen LogP) is 1.44. The van der Waals surface area contributed by atoms with Gasteiger partial charge in [-0.1, -0.05) is 31.9 Å². The Labute approximate surface area is 275 Å². The largest absolute Gasteiger partial charge is 0.508 e. The van der Waals surface area contributed by atoms with Crippen LogP contribution < -0.4 is 27.9 Å². The average molecular weight is 652 g/mol. The van der Waals surface area contributed by atoms with Gasteiger partial charge in [-0.25, -0.2) is 10.8 Å². The molecule has 1 fully saturated rings. The zero-order valence-electron chi connectivity index (χ0n) is 27.2. The first-order valence-corrected chi connectivity index (χ1v) is 16.2. The molecule has 1 aliphatic heterocycles. The third kappa shape index (κ3) is 11.0. The highest BCUT2D eigenvalue weighted by molar-refractivity contribution is 5.87. The highest BCUT2D eigenvalue weighted by Gasteiger charge is 2.18. The number of amides is 1. The summed E-state index contributed by atoms with van der Waals surface area (Å²) < 4.78 is 2.04. The molecule has 0 atom stereocenters. The molecule has 15 nitrogen and oxygen atoms in total. The van der Waals surface area contributed by atoms with Crippen molar-refractivity contribution in [2.75, 3.05) is 63.4 Å². The number of aliphatic carboxylic acids is 1. The first kappa shape index (κ1) is 35.3. The molecule has 15 heteroatoms. The van der Waals surface area contributed by atoms with Crippen molar-refractivity contribution in [3.8, 4) is 5.75 Å². The number of carboxylic acids is 1. The molecule has 1 aliphatic rings. The standard InChI is InChI=1S/C32H49N11O4/c1-2-3-4-10-36-31-30-26(38-32(34)39-31)9-11-42(30)21-24-6-5-23(18-27(24)44)20-41-14-12-40(13-15-41)16-17-43(35)22-25(33)19-37-28(45)7-8-29(46)47/h5-6,9,11,18,22,44H,2-4,7-8,10,12-17,19-21,33,35H2,1H3,(H,37,45)(H,46,47)(H3,34,36,38,39)/b25-22-. The van der Waals surface area contributed by atoms with Crippen LogP contribution in [0.3, 0.4) is 0 Å². The van der Waals surface area contributed by atoms with Crippen molar-refractivity contribution >= 4 is 34.7 Å². The SMILES string of the molecule is CCCCCNc1nc(N)nc2ccn(Cc3ccc(CN4CCN(CCN(N)/C=C(\N)CNC(=O)CCC(=O)O)CC4)cc3O)c12. The number of benzene rings is 1. The third-order valence-corrected chi connectivity index (χ3v) is 8.12. The van der Waals surface area contributed by atoms with Gasteiger partial charge in [0.15, 0.2) is 5.82 Å². The molecular formula is C32H49N11O4. The van der Waals surface area contributed by atoms with E-state index in [0.29, 0.717) is 24.6 Å². The second-order valence-corrected chi connectivity index (χ2v) is 11.9. The first-order chi connectivity index (χ1) is 22.6. The number of hydrogen-bond acceptors (Lipinski definition) is 12. The maximum atomic E-state index is 11.7. The van der Waals surface area contributed by atoms with Crippen LogP contribution in [0.4, 0.5) is 11.8 Å². The van der Waals surface area contributed by atoms with Crippen LogP contribution in [0.25, 0.3) is 11.0 Å². The van der Waals surface area contributed by atoms with Crippen molar-refractivity contribution in [3.63, 3.8) is 0 Å². The molecule has 2 aromatic heterocycles. The fourth-order valence-corrected chi connectivity index (χ4v) is 5.51. The molecule has 0 bridgehead atoms. The Morgan fingerprint density at radius 2 is 1.83 bits per heavy atom. The van der Waals surface area contributed by atoms with E-state index in [0.717, 1.165) is 87.2 Å². The Bertz CT molecular complexity index is 1520. The number of carboxylic acid groups (broad SMARTS) is 1. The Kier molecular flexibility index (Phi) is 13.0. The summed E-state index contributed by atoms with van der Waals surface area (Å²) in [5.74, 6) is 5.88. The lowest BCUT2D eigenvalue weighted by molar-refractivity contribution is -0.138. The minimum Gasteiger partial charge on any atom is -0.508 e. The van der Waals surface area contributed by atoms with Gasteiger partial charge in [0, 0.05) is 82.4 Å². The monoisotopic (exact) mass is 651 g/mol. The smallest absolute Gasteiger partial charge is 0.303 e. The van der Waals surface area contributed by atoms with E-state index in [2.05, 4.69) is 43.4 Å². The molecule has 0 saturated carbocycles. The topological polar surface area (TPSA) is 217 Å². The van der Waals surface area contributed by atoms with Gasteiger partial charge in [-0.2, -0.15) is 4.98 Å². The maximum Gasteiger partial charge on any atom is 0.303 e. The van der Waals surface area contributed by atoms with Crippen molar-refractivity contribution in [2.45, 2.75) is 52.1 Å². The fourth-order valence-electron chi connectivity index (χ4n) is 5.51. The van der Waals surface area contributed by atoms with E-state index < -0.39 is 5.97 Å². The molecular weight excluding hydrogens is 602 g/mol. The van der Waals surface area contributed by atoms with E-state index >= 15 is 0 Å². The number of hydrazine groups is 1. The summed E-state index contributed by atoms with van der Waals surface area (Å²) in [5, 5.41) is 27.1. The molecule has 4 rings (SSSR count). The summed E-state index contributed by atoms with van der Waals surface area (Å²) in [6.45, 7) is 9.18. The second-order valence-electron chi connectivity index (χ2n) is 11.9. The highest BCUT2D eigenvalue weighted by atomic mass is 16.4. The van der Waals surface area contributed by atoms with Gasteiger partial charge in [-0.3, -0.25) is 19.4 Å². The van der Waals surface area contributed by atoms with Crippen LogP contribution in [0.1, 0.15) is 50.2 Å². The zero-order chi connectivity index (χ0) is 33.8. The van der Waals surface area contributed by atoms with E-state index in [9.17, 15) is 14.7 Å². The normalized spacial score (nSPS) is 14.4. The number of piperazine rings is 1. The first-order valence-electron chi connectivity index (χ1n) is 16.2. The van der Waals surface area contributed by atoms with Gasteiger partial charge in [-0.05, 0) is 24.1 Å². The van der Waals surface area contributed by atoms with Gasteiger partial charge >= 0.3 is 5.97 Å². The van der Waals surface area contributed by atoms with Crippen LogP contribution in [-0.4, -0.2) is 104 Å². The number of aromatic nitrogens is 3. The summed E-state index contributed by atoms with van der Waals surface area (Å²) in [5.41, 5.74) is 15.8. The van der Waals surface area contributed by atoms with Crippen LogP contribution in [0.5, 0.6) is 5.75 Å². The Morgan fingerprint density at radius 3 is 2.55 bits per heavy atom. The zero-order valence-corrected chi connectivity index (χ0v) is 27.2. The number of rotatable bonds is 18. The summed E-state index contributed by atoms with van der Waals surface area (Å²) in [7, 11) is 0. The number of anilines is 2. The molecule has 1 amide bonds. The van der Waals surface area contributed by atoms with Gasteiger partial charge in [0.25, 0.3) is 0 Å². The number of phenols is 1. The van der Waals surface area contributed by atoms with Gasteiger partial charge in [0.1, 0.15) is 11.3 Å². The number of nitrogen functional groups attached to an aromatic ring is 1. The number of unbranched alkanes of at least 4 members (excludes halogenated alkanes) is 2.